The van der Waals surface area contributed by atoms with E-state index in [2.05, 4.69) is 41.0 Å². The van der Waals surface area contributed by atoms with Gasteiger partial charge in [-0.15, -0.1) is 16.4 Å². The molecule has 0 unspecified atom stereocenters. The molecule has 2 aromatic heterocycles. The predicted octanol–water partition coefficient (Wildman–Crippen LogP) is 4.66. The van der Waals surface area contributed by atoms with Crippen molar-refractivity contribution in [2.45, 2.75) is 33.6 Å². The summed E-state index contributed by atoms with van der Waals surface area (Å²) in [6.07, 6.45) is 0. The molecule has 3 rings (SSSR count). The molecule has 0 spiro atoms. The number of aromatic nitrogens is 3. The molecule has 0 saturated heterocycles. The third-order valence-electron chi connectivity index (χ3n) is 4.34. The van der Waals surface area contributed by atoms with Crippen LogP contribution in [-0.4, -0.2) is 40.0 Å². The molecule has 0 bridgehead atoms. The van der Waals surface area contributed by atoms with Crippen LogP contribution in [0.4, 0.5) is 0 Å². The maximum absolute atomic E-state index is 5.66. The van der Waals surface area contributed by atoms with Crippen LogP contribution in [0.2, 0.25) is 0 Å². The van der Waals surface area contributed by atoms with Crippen LogP contribution in [0.5, 0.6) is 11.5 Å². The molecule has 8 heteroatoms. The fraction of sp³-hybridized carbons (Fsp3) is 0.400. The molecule has 0 aliphatic heterocycles. The quantitative estimate of drug-likeness (QED) is 0.473. The van der Waals surface area contributed by atoms with Crippen LogP contribution in [0.1, 0.15) is 19.4 Å². The van der Waals surface area contributed by atoms with Gasteiger partial charge >= 0.3 is 0 Å². The highest BCUT2D eigenvalue weighted by molar-refractivity contribution is 7.71. The smallest absolute Gasteiger partial charge is 0.199 e. The molecule has 0 aliphatic carbocycles. The highest BCUT2D eigenvalue weighted by atomic mass is 32.1. The first kappa shape index (κ1) is 20.6. The molecule has 0 atom stereocenters. The van der Waals surface area contributed by atoms with E-state index in [1.807, 2.05) is 29.8 Å². The lowest BCUT2D eigenvalue weighted by atomic mass is 10.2. The van der Waals surface area contributed by atoms with Gasteiger partial charge in [-0.1, -0.05) is 12.1 Å². The van der Waals surface area contributed by atoms with Gasteiger partial charge in [-0.25, -0.2) is 4.68 Å². The Kier molecular flexibility index (Phi) is 6.88. The van der Waals surface area contributed by atoms with Crippen molar-refractivity contribution in [3.05, 3.63) is 46.0 Å². The first-order valence-electron chi connectivity index (χ1n) is 9.27. The van der Waals surface area contributed by atoms with Gasteiger partial charge in [0.1, 0.15) is 0 Å². The van der Waals surface area contributed by atoms with E-state index >= 15 is 0 Å². The van der Waals surface area contributed by atoms with Gasteiger partial charge in [0.05, 0.1) is 25.3 Å². The van der Waals surface area contributed by atoms with Crippen molar-refractivity contribution >= 4 is 23.6 Å². The maximum atomic E-state index is 5.66. The number of hydrogen-bond donors (Lipinski definition) is 0. The second-order valence-electron chi connectivity index (χ2n) is 6.40. The van der Waals surface area contributed by atoms with Gasteiger partial charge in [0.25, 0.3) is 0 Å². The summed E-state index contributed by atoms with van der Waals surface area (Å²) >= 11 is 7.34. The summed E-state index contributed by atoms with van der Waals surface area (Å²) < 4.78 is 15.8. The molecule has 0 saturated carbocycles. The zero-order valence-corrected chi connectivity index (χ0v) is 18.3. The minimum atomic E-state index is 0.611. The maximum Gasteiger partial charge on any atom is 0.199 e. The molecular formula is C20H26N4O2S2. The Morgan fingerprint density at radius 1 is 1.21 bits per heavy atom. The first-order chi connectivity index (χ1) is 13.6. The predicted molar refractivity (Wildman–Crippen MR) is 116 cm³/mol. The van der Waals surface area contributed by atoms with Gasteiger partial charge in [0.2, 0.25) is 0 Å². The van der Waals surface area contributed by atoms with Gasteiger partial charge in [0.15, 0.2) is 22.1 Å². The van der Waals surface area contributed by atoms with Crippen LogP contribution < -0.4 is 9.47 Å². The first-order valence-corrected chi connectivity index (χ1v) is 10.6. The monoisotopic (exact) mass is 418 g/mol. The molecular weight excluding hydrogens is 392 g/mol. The second-order valence-corrected chi connectivity index (χ2v) is 7.71. The number of methoxy groups -OCH3 is 1. The Hall–Kier alpha value is -2.16. The van der Waals surface area contributed by atoms with Crippen molar-refractivity contribution in [2.24, 2.45) is 0 Å². The molecule has 0 amide bonds. The highest BCUT2D eigenvalue weighted by Gasteiger charge is 2.14. The number of nitrogens with zero attached hydrogens (tertiary/aromatic N) is 4. The number of benzene rings is 1. The fourth-order valence-electron chi connectivity index (χ4n) is 3.08. The minimum Gasteiger partial charge on any atom is -0.493 e. The number of hydrogen-bond acceptors (Lipinski definition) is 6. The van der Waals surface area contributed by atoms with Crippen LogP contribution in [0.3, 0.4) is 0 Å². The van der Waals surface area contributed by atoms with E-state index in [9.17, 15) is 0 Å². The van der Waals surface area contributed by atoms with Gasteiger partial charge in [0, 0.05) is 13.1 Å². The van der Waals surface area contributed by atoms with E-state index in [4.69, 9.17) is 26.8 Å². The van der Waals surface area contributed by atoms with Crippen LogP contribution in [-0.2, 0) is 19.8 Å². The van der Waals surface area contributed by atoms with E-state index in [-0.39, 0.29) is 0 Å². The molecule has 2 heterocycles. The Morgan fingerprint density at radius 3 is 2.68 bits per heavy atom. The Labute approximate surface area is 174 Å². The van der Waals surface area contributed by atoms with E-state index < -0.39 is 0 Å². The van der Waals surface area contributed by atoms with E-state index in [1.165, 1.54) is 0 Å². The molecule has 3 aromatic rings. The molecule has 1 aromatic carbocycles. The third-order valence-corrected chi connectivity index (χ3v) is 5.63. The normalized spacial score (nSPS) is 11.2. The number of ether oxygens (including phenoxy) is 2. The SMILES string of the molecule is CCOc1ccc(CN(C)Cn2nc(-c3cccs3)n(CC)c2=S)cc1OC. The van der Waals surface area contributed by atoms with E-state index in [0.29, 0.717) is 13.3 Å². The van der Waals surface area contributed by atoms with Crippen molar-refractivity contribution in [3.63, 3.8) is 0 Å². The summed E-state index contributed by atoms with van der Waals surface area (Å²) in [5.41, 5.74) is 1.14. The Balaban J connectivity index is 1.77. The minimum absolute atomic E-state index is 0.611. The third kappa shape index (κ3) is 4.45. The second kappa shape index (κ2) is 9.36. The molecule has 0 aliphatic rings. The summed E-state index contributed by atoms with van der Waals surface area (Å²) in [5, 5.41) is 6.83. The number of thiophene rings is 1. The zero-order valence-electron chi connectivity index (χ0n) is 16.7. The molecule has 0 radical (unpaired) electrons. The summed E-state index contributed by atoms with van der Waals surface area (Å²) in [4.78, 5) is 3.31. The Bertz CT molecular complexity index is 963. The van der Waals surface area contributed by atoms with E-state index in [1.54, 1.807) is 18.4 Å². The Morgan fingerprint density at radius 2 is 2.04 bits per heavy atom. The summed E-state index contributed by atoms with van der Waals surface area (Å²) in [5.74, 6) is 2.44. The highest BCUT2D eigenvalue weighted by Crippen LogP contribution is 2.28. The van der Waals surface area contributed by atoms with Crippen molar-refractivity contribution in [3.8, 4) is 22.2 Å². The molecule has 6 nitrogen and oxygen atoms in total. The number of rotatable bonds is 9. The van der Waals surface area contributed by atoms with Crippen molar-refractivity contribution in [1.29, 1.82) is 0 Å². The fourth-order valence-corrected chi connectivity index (χ4v) is 4.11. The lowest BCUT2D eigenvalue weighted by Gasteiger charge is -2.18. The van der Waals surface area contributed by atoms with Gasteiger partial charge in [-0.05, 0) is 62.3 Å². The summed E-state index contributed by atoms with van der Waals surface area (Å²) in [6.45, 7) is 6.82. The van der Waals surface area contributed by atoms with Crippen molar-refractivity contribution in [2.75, 3.05) is 20.8 Å². The van der Waals surface area contributed by atoms with Crippen LogP contribution in [0.25, 0.3) is 10.7 Å². The average Bonchev–Trinajstić information content (AvgIpc) is 3.31. The topological polar surface area (TPSA) is 44.5 Å². The lowest BCUT2D eigenvalue weighted by Crippen LogP contribution is -2.22. The van der Waals surface area contributed by atoms with Crippen LogP contribution in [0, 0.1) is 4.77 Å². The van der Waals surface area contributed by atoms with Gasteiger partial charge in [-0.3, -0.25) is 9.47 Å². The van der Waals surface area contributed by atoms with Crippen LogP contribution >= 0.6 is 23.6 Å². The van der Waals surface area contributed by atoms with Crippen molar-refractivity contribution < 1.29 is 9.47 Å². The average molecular weight is 419 g/mol. The summed E-state index contributed by atoms with van der Waals surface area (Å²) in [6, 6.07) is 10.1. The largest absolute Gasteiger partial charge is 0.493 e. The zero-order chi connectivity index (χ0) is 20.1. The standard InChI is InChI=1S/C20H26N4O2S2/c1-5-23-19(18-8-7-11-28-18)21-24(20(23)27)14-22(3)13-15-9-10-16(26-6-2)17(12-15)25-4/h7-12H,5-6,13-14H2,1-4H3. The summed E-state index contributed by atoms with van der Waals surface area (Å²) in [7, 11) is 3.72. The lowest BCUT2D eigenvalue weighted by molar-refractivity contribution is 0.243. The molecule has 28 heavy (non-hydrogen) atoms. The van der Waals surface area contributed by atoms with Gasteiger partial charge in [-0.2, -0.15) is 0 Å². The van der Waals surface area contributed by atoms with Crippen molar-refractivity contribution in [1.82, 2.24) is 19.2 Å². The van der Waals surface area contributed by atoms with E-state index in [0.717, 1.165) is 45.6 Å². The molecule has 0 N–H and O–H groups in total. The molecule has 0 fully saturated rings. The van der Waals surface area contributed by atoms with Gasteiger partial charge < -0.3 is 9.47 Å². The molecule has 150 valence electrons. The van der Waals surface area contributed by atoms with Crippen LogP contribution in [0.15, 0.2) is 35.7 Å².